The fourth-order valence-corrected chi connectivity index (χ4v) is 1.16. The summed E-state index contributed by atoms with van der Waals surface area (Å²) in [6, 6.07) is 3.44. The Kier molecular flexibility index (Phi) is 4.59. The molecule has 1 rings (SSSR count). The van der Waals surface area contributed by atoms with Crippen LogP contribution in [0.4, 0.5) is 13.2 Å². The summed E-state index contributed by atoms with van der Waals surface area (Å²) >= 11 is 0. The van der Waals surface area contributed by atoms with Gasteiger partial charge in [-0.1, -0.05) is 0 Å². The van der Waals surface area contributed by atoms with Crippen LogP contribution in [-0.2, 0) is 6.61 Å². The fourth-order valence-electron chi connectivity index (χ4n) is 1.16. The van der Waals surface area contributed by atoms with E-state index in [1.165, 1.54) is 6.07 Å². The van der Waals surface area contributed by atoms with Gasteiger partial charge in [-0.05, 0) is 17.7 Å². The van der Waals surface area contributed by atoms with Crippen LogP contribution in [0.1, 0.15) is 5.56 Å². The summed E-state index contributed by atoms with van der Waals surface area (Å²) in [6.07, 6.45) is -4.80. The summed E-state index contributed by atoms with van der Waals surface area (Å²) in [4.78, 5) is 0. The molecule has 0 aromatic heterocycles. The second-order valence-electron chi connectivity index (χ2n) is 3.09. The number of alkyl halides is 3. The Bertz CT molecular complexity index is 365. The highest BCUT2D eigenvalue weighted by Crippen LogP contribution is 2.28. The van der Waals surface area contributed by atoms with Gasteiger partial charge in [0.2, 0.25) is 0 Å². The summed E-state index contributed by atoms with van der Waals surface area (Å²) in [7, 11) is 0. The van der Waals surface area contributed by atoms with Crippen molar-refractivity contribution in [1.82, 2.24) is 0 Å². The van der Waals surface area contributed by atoms with Gasteiger partial charge in [-0.2, -0.15) is 0 Å². The van der Waals surface area contributed by atoms with E-state index >= 15 is 0 Å². The summed E-state index contributed by atoms with van der Waals surface area (Å²) in [5.74, 6) is -0.387. The number of rotatable bonds is 5. The Labute approximate surface area is 95.2 Å². The maximum Gasteiger partial charge on any atom is 0.573 e. The average molecular weight is 252 g/mol. The highest BCUT2D eigenvalue weighted by molar-refractivity contribution is 5.38. The fraction of sp³-hybridized carbons (Fsp3) is 0.400. The first-order valence-electron chi connectivity index (χ1n) is 4.69. The van der Waals surface area contributed by atoms with E-state index in [-0.39, 0.29) is 24.5 Å². The van der Waals surface area contributed by atoms with Crippen LogP contribution in [0, 0.1) is 0 Å². The molecule has 4 nitrogen and oxygen atoms in total. The Morgan fingerprint density at radius 1 is 1.06 bits per heavy atom. The molecule has 0 atom stereocenters. The maximum absolute atomic E-state index is 12.0. The van der Waals surface area contributed by atoms with E-state index in [4.69, 9.17) is 14.9 Å². The van der Waals surface area contributed by atoms with Gasteiger partial charge >= 0.3 is 6.36 Å². The van der Waals surface area contributed by atoms with Crippen LogP contribution in [0.15, 0.2) is 18.2 Å². The Morgan fingerprint density at radius 3 is 2.24 bits per heavy atom. The predicted molar refractivity (Wildman–Crippen MR) is 51.6 cm³/mol. The maximum atomic E-state index is 12.0. The zero-order valence-corrected chi connectivity index (χ0v) is 8.70. The molecule has 0 aliphatic rings. The normalized spacial score (nSPS) is 11.4. The quantitative estimate of drug-likeness (QED) is 0.832. The van der Waals surface area contributed by atoms with Gasteiger partial charge in [-0.25, -0.2) is 0 Å². The number of aliphatic hydroxyl groups is 2. The van der Waals surface area contributed by atoms with E-state index < -0.39 is 18.7 Å². The molecular formula is C10H11F3O4. The predicted octanol–water partition coefficient (Wildman–Crippen LogP) is 1.45. The zero-order chi connectivity index (χ0) is 12.9. The van der Waals surface area contributed by atoms with Gasteiger partial charge in [-0.3, -0.25) is 0 Å². The number of hydrogen-bond donors (Lipinski definition) is 2. The van der Waals surface area contributed by atoms with Gasteiger partial charge in [0, 0.05) is 6.07 Å². The second-order valence-corrected chi connectivity index (χ2v) is 3.09. The zero-order valence-electron chi connectivity index (χ0n) is 8.70. The lowest BCUT2D eigenvalue weighted by molar-refractivity contribution is -0.274. The molecule has 0 saturated carbocycles. The monoisotopic (exact) mass is 252 g/mol. The number of hydrogen-bond acceptors (Lipinski definition) is 4. The summed E-state index contributed by atoms with van der Waals surface area (Å²) in [5, 5.41) is 17.4. The van der Waals surface area contributed by atoms with Gasteiger partial charge in [0.25, 0.3) is 0 Å². The molecule has 0 radical (unpaired) electrons. The molecule has 1 aromatic rings. The Hall–Kier alpha value is -1.47. The Balaban J connectivity index is 2.88. The standard InChI is InChI=1S/C10H11F3O4/c11-10(12,13)17-9-4-7(6-15)3-8(5-9)16-2-1-14/h3-5,14-15H,1-2,6H2. The highest BCUT2D eigenvalue weighted by atomic mass is 19.4. The molecule has 0 unspecified atom stereocenters. The lowest BCUT2D eigenvalue weighted by Crippen LogP contribution is -2.17. The second kappa shape index (κ2) is 5.74. The van der Waals surface area contributed by atoms with Crippen molar-refractivity contribution in [3.8, 4) is 11.5 Å². The molecule has 96 valence electrons. The van der Waals surface area contributed by atoms with Crippen LogP contribution in [-0.4, -0.2) is 29.8 Å². The SMILES string of the molecule is OCCOc1cc(CO)cc(OC(F)(F)F)c1. The van der Waals surface area contributed by atoms with Crippen molar-refractivity contribution in [2.24, 2.45) is 0 Å². The number of halogens is 3. The molecule has 1 aromatic carbocycles. The van der Waals surface area contributed by atoms with Crippen LogP contribution in [0.3, 0.4) is 0 Å². The van der Waals surface area contributed by atoms with Crippen LogP contribution in [0.2, 0.25) is 0 Å². The van der Waals surface area contributed by atoms with Gasteiger partial charge in [0.05, 0.1) is 13.2 Å². The number of benzene rings is 1. The minimum absolute atomic E-state index is 0.0552. The van der Waals surface area contributed by atoms with E-state index in [2.05, 4.69) is 4.74 Å². The van der Waals surface area contributed by atoms with E-state index in [9.17, 15) is 13.2 Å². The van der Waals surface area contributed by atoms with E-state index in [0.29, 0.717) is 0 Å². The highest BCUT2D eigenvalue weighted by Gasteiger charge is 2.31. The molecule has 2 N–H and O–H groups in total. The molecule has 0 bridgehead atoms. The van der Waals surface area contributed by atoms with E-state index in [1.54, 1.807) is 0 Å². The van der Waals surface area contributed by atoms with E-state index in [1.807, 2.05) is 0 Å². The first-order chi connectivity index (χ1) is 7.94. The van der Waals surface area contributed by atoms with Crippen molar-refractivity contribution in [3.05, 3.63) is 23.8 Å². The molecule has 0 saturated heterocycles. The smallest absolute Gasteiger partial charge is 0.491 e. The molecule has 0 spiro atoms. The first-order valence-corrected chi connectivity index (χ1v) is 4.69. The molecule has 0 aliphatic carbocycles. The third kappa shape index (κ3) is 4.92. The molecule has 7 heteroatoms. The van der Waals surface area contributed by atoms with Crippen molar-refractivity contribution < 1.29 is 32.9 Å². The Morgan fingerprint density at radius 2 is 1.71 bits per heavy atom. The number of aliphatic hydroxyl groups excluding tert-OH is 2. The van der Waals surface area contributed by atoms with Crippen molar-refractivity contribution in [2.45, 2.75) is 13.0 Å². The largest absolute Gasteiger partial charge is 0.573 e. The summed E-state index contributed by atoms with van der Waals surface area (Å²) in [5.41, 5.74) is 0.222. The molecule has 0 amide bonds. The minimum atomic E-state index is -4.80. The van der Waals surface area contributed by atoms with Crippen LogP contribution in [0.25, 0.3) is 0 Å². The van der Waals surface area contributed by atoms with E-state index in [0.717, 1.165) is 12.1 Å². The lowest BCUT2D eigenvalue weighted by atomic mass is 10.2. The molecular weight excluding hydrogens is 241 g/mol. The van der Waals surface area contributed by atoms with Crippen molar-refractivity contribution in [3.63, 3.8) is 0 Å². The minimum Gasteiger partial charge on any atom is -0.491 e. The first kappa shape index (κ1) is 13.6. The van der Waals surface area contributed by atoms with Gasteiger partial charge in [-0.15, -0.1) is 13.2 Å². The molecule has 17 heavy (non-hydrogen) atoms. The van der Waals surface area contributed by atoms with Crippen LogP contribution in [0.5, 0.6) is 11.5 Å². The summed E-state index contributed by atoms with van der Waals surface area (Å²) < 4.78 is 44.6. The van der Waals surface area contributed by atoms with Crippen LogP contribution >= 0.6 is 0 Å². The molecule has 0 heterocycles. The van der Waals surface area contributed by atoms with Crippen molar-refractivity contribution in [1.29, 1.82) is 0 Å². The molecule has 0 aliphatic heterocycles. The lowest BCUT2D eigenvalue weighted by Gasteiger charge is -2.12. The third-order valence-corrected chi connectivity index (χ3v) is 1.72. The van der Waals surface area contributed by atoms with Crippen molar-refractivity contribution in [2.75, 3.05) is 13.2 Å². The average Bonchev–Trinajstić information content (AvgIpc) is 2.23. The van der Waals surface area contributed by atoms with Gasteiger partial charge in [0.15, 0.2) is 0 Å². The van der Waals surface area contributed by atoms with Gasteiger partial charge in [0.1, 0.15) is 18.1 Å². The van der Waals surface area contributed by atoms with Crippen LogP contribution < -0.4 is 9.47 Å². The van der Waals surface area contributed by atoms with Gasteiger partial charge < -0.3 is 19.7 Å². The molecule has 0 fully saturated rings. The summed E-state index contributed by atoms with van der Waals surface area (Å²) in [6.45, 7) is -0.760. The van der Waals surface area contributed by atoms with Crippen molar-refractivity contribution >= 4 is 0 Å². The number of ether oxygens (including phenoxy) is 2. The third-order valence-electron chi connectivity index (χ3n) is 1.72. The topological polar surface area (TPSA) is 58.9 Å².